The first-order chi connectivity index (χ1) is 5.02. The van der Waals surface area contributed by atoms with E-state index in [1.165, 1.54) is 0 Å². The number of aliphatic hydroxyl groups is 3. The molecule has 0 saturated heterocycles. The molecule has 0 fully saturated rings. The van der Waals surface area contributed by atoms with Crippen molar-refractivity contribution in [2.45, 2.75) is 31.4 Å². The Bertz CT molecular complexity index is 106. The number of aliphatic hydroxyl groups excluding tert-OH is 3. The Kier molecular flexibility index (Phi) is 4.60. The molecule has 0 aliphatic carbocycles. The van der Waals surface area contributed by atoms with E-state index in [9.17, 15) is 0 Å². The predicted octanol–water partition coefficient (Wildman–Crippen LogP) is -1.17. The standard InChI is InChI=1S/C7H17NO3/c1-7(8,5-10)3-2-6(11)4-9/h6,9-11H,2-5,8H2,1H3. The van der Waals surface area contributed by atoms with Gasteiger partial charge in [0.2, 0.25) is 0 Å². The molecule has 11 heavy (non-hydrogen) atoms. The quantitative estimate of drug-likeness (QED) is 0.411. The number of nitrogens with two attached hydrogens (primary N) is 1. The highest BCUT2D eigenvalue weighted by molar-refractivity contribution is 4.78. The average Bonchev–Trinajstić information content (AvgIpc) is 2.00. The molecule has 5 N–H and O–H groups in total. The van der Waals surface area contributed by atoms with Crippen molar-refractivity contribution in [3.05, 3.63) is 0 Å². The van der Waals surface area contributed by atoms with Gasteiger partial charge in [-0.25, -0.2) is 0 Å². The van der Waals surface area contributed by atoms with E-state index in [4.69, 9.17) is 21.1 Å². The summed E-state index contributed by atoms with van der Waals surface area (Å²) in [6.45, 7) is 1.35. The van der Waals surface area contributed by atoms with Gasteiger partial charge in [-0.1, -0.05) is 0 Å². The highest BCUT2D eigenvalue weighted by Crippen LogP contribution is 2.09. The lowest BCUT2D eigenvalue weighted by atomic mass is 9.96. The Morgan fingerprint density at radius 3 is 2.36 bits per heavy atom. The molecule has 0 amide bonds. The van der Waals surface area contributed by atoms with E-state index in [0.717, 1.165) is 0 Å². The molecule has 0 rings (SSSR count). The molecule has 0 bridgehead atoms. The van der Waals surface area contributed by atoms with Crippen molar-refractivity contribution in [3.63, 3.8) is 0 Å². The van der Waals surface area contributed by atoms with Crippen molar-refractivity contribution in [1.82, 2.24) is 0 Å². The molecule has 0 saturated carbocycles. The van der Waals surface area contributed by atoms with E-state index in [-0.39, 0.29) is 13.2 Å². The molecule has 0 aromatic rings. The third-order valence-corrected chi connectivity index (χ3v) is 1.62. The molecule has 0 aliphatic heterocycles. The Morgan fingerprint density at radius 2 is 2.00 bits per heavy atom. The van der Waals surface area contributed by atoms with Crippen LogP contribution >= 0.6 is 0 Å². The zero-order chi connectivity index (χ0) is 8.91. The third-order valence-electron chi connectivity index (χ3n) is 1.62. The monoisotopic (exact) mass is 163 g/mol. The van der Waals surface area contributed by atoms with Crippen LogP contribution in [0.3, 0.4) is 0 Å². The SMILES string of the molecule is CC(N)(CO)CCC(O)CO. The number of hydrogen-bond acceptors (Lipinski definition) is 4. The Morgan fingerprint density at radius 1 is 1.45 bits per heavy atom. The molecule has 68 valence electrons. The van der Waals surface area contributed by atoms with Crippen LogP contribution in [0, 0.1) is 0 Å². The number of rotatable bonds is 5. The summed E-state index contributed by atoms with van der Waals surface area (Å²) in [5.74, 6) is 0. The van der Waals surface area contributed by atoms with Crippen molar-refractivity contribution >= 4 is 0 Å². The minimum Gasteiger partial charge on any atom is -0.394 e. The van der Waals surface area contributed by atoms with Crippen molar-refractivity contribution in [2.75, 3.05) is 13.2 Å². The van der Waals surface area contributed by atoms with Crippen LogP contribution in [-0.2, 0) is 0 Å². The van der Waals surface area contributed by atoms with Gasteiger partial charge in [-0.05, 0) is 19.8 Å². The second-order valence-corrected chi connectivity index (χ2v) is 3.19. The average molecular weight is 163 g/mol. The highest BCUT2D eigenvalue weighted by Gasteiger charge is 2.18. The van der Waals surface area contributed by atoms with Crippen LogP contribution in [0.2, 0.25) is 0 Å². The zero-order valence-corrected chi connectivity index (χ0v) is 6.82. The Labute approximate surface area is 66.7 Å². The summed E-state index contributed by atoms with van der Waals surface area (Å²) < 4.78 is 0. The van der Waals surface area contributed by atoms with Crippen LogP contribution in [0.1, 0.15) is 19.8 Å². The molecule has 2 unspecified atom stereocenters. The molecule has 4 heteroatoms. The van der Waals surface area contributed by atoms with E-state index in [2.05, 4.69) is 0 Å². The molecule has 4 nitrogen and oxygen atoms in total. The summed E-state index contributed by atoms with van der Waals surface area (Å²) in [4.78, 5) is 0. The van der Waals surface area contributed by atoms with Gasteiger partial charge in [0.1, 0.15) is 0 Å². The van der Waals surface area contributed by atoms with E-state index in [1.807, 2.05) is 0 Å². The predicted molar refractivity (Wildman–Crippen MR) is 42.0 cm³/mol. The summed E-state index contributed by atoms with van der Waals surface area (Å²) in [6.07, 6.45) is 0.208. The molecule has 0 spiro atoms. The van der Waals surface area contributed by atoms with Crippen molar-refractivity contribution in [2.24, 2.45) is 5.73 Å². The van der Waals surface area contributed by atoms with Crippen LogP contribution in [0.5, 0.6) is 0 Å². The van der Waals surface area contributed by atoms with Gasteiger partial charge in [-0.3, -0.25) is 0 Å². The Hall–Kier alpha value is -0.160. The van der Waals surface area contributed by atoms with Crippen LogP contribution in [-0.4, -0.2) is 40.2 Å². The van der Waals surface area contributed by atoms with Crippen molar-refractivity contribution < 1.29 is 15.3 Å². The van der Waals surface area contributed by atoms with Gasteiger partial charge < -0.3 is 21.1 Å². The van der Waals surface area contributed by atoms with Crippen LogP contribution in [0.25, 0.3) is 0 Å². The second kappa shape index (κ2) is 4.66. The topological polar surface area (TPSA) is 86.7 Å². The molecule has 0 aromatic heterocycles. The minimum atomic E-state index is -0.718. The summed E-state index contributed by atoms with van der Waals surface area (Å²) >= 11 is 0. The first-order valence-electron chi connectivity index (χ1n) is 3.70. The summed E-state index contributed by atoms with van der Waals surface area (Å²) in [7, 11) is 0. The van der Waals surface area contributed by atoms with E-state index in [1.54, 1.807) is 6.92 Å². The minimum absolute atomic E-state index is 0.106. The van der Waals surface area contributed by atoms with Gasteiger partial charge in [-0.2, -0.15) is 0 Å². The van der Waals surface area contributed by atoms with E-state index >= 15 is 0 Å². The maximum atomic E-state index is 8.93. The first-order valence-corrected chi connectivity index (χ1v) is 3.70. The molecule has 0 heterocycles. The van der Waals surface area contributed by atoms with Gasteiger partial charge >= 0.3 is 0 Å². The fourth-order valence-corrected chi connectivity index (χ4v) is 0.667. The lowest BCUT2D eigenvalue weighted by Gasteiger charge is -2.22. The van der Waals surface area contributed by atoms with Crippen molar-refractivity contribution in [1.29, 1.82) is 0 Å². The Balaban J connectivity index is 3.52. The van der Waals surface area contributed by atoms with Gasteiger partial charge in [0, 0.05) is 5.54 Å². The second-order valence-electron chi connectivity index (χ2n) is 3.19. The smallest absolute Gasteiger partial charge is 0.0771 e. The van der Waals surface area contributed by atoms with Gasteiger partial charge in [-0.15, -0.1) is 0 Å². The van der Waals surface area contributed by atoms with Gasteiger partial charge in [0.05, 0.1) is 19.3 Å². The normalized spacial score (nSPS) is 19.4. The van der Waals surface area contributed by atoms with E-state index in [0.29, 0.717) is 12.8 Å². The molecule has 0 aromatic carbocycles. The van der Waals surface area contributed by atoms with E-state index < -0.39 is 11.6 Å². The molecule has 0 radical (unpaired) electrons. The number of hydrogen-bond donors (Lipinski definition) is 4. The lowest BCUT2D eigenvalue weighted by molar-refractivity contribution is 0.0762. The highest BCUT2D eigenvalue weighted by atomic mass is 16.3. The van der Waals surface area contributed by atoms with Crippen molar-refractivity contribution in [3.8, 4) is 0 Å². The largest absolute Gasteiger partial charge is 0.394 e. The fraction of sp³-hybridized carbons (Fsp3) is 1.00. The van der Waals surface area contributed by atoms with Gasteiger partial charge in [0.15, 0.2) is 0 Å². The third kappa shape index (κ3) is 5.15. The molecule has 2 atom stereocenters. The van der Waals surface area contributed by atoms with Crippen LogP contribution in [0.4, 0.5) is 0 Å². The molecular weight excluding hydrogens is 146 g/mol. The summed E-state index contributed by atoms with van der Waals surface area (Å²) in [6, 6.07) is 0. The summed E-state index contributed by atoms with van der Waals surface area (Å²) in [5.41, 5.74) is 4.93. The fourth-order valence-electron chi connectivity index (χ4n) is 0.667. The zero-order valence-electron chi connectivity index (χ0n) is 6.82. The van der Waals surface area contributed by atoms with Crippen LogP contribution < -0.4 is 5.73 Å². The lowest BCUT2D eigenvalue weighted by Crippen LogP contribution is -2.41. The maximum absolute atomic E-state index is 8.93. The maximum Gasteiger partial charge on any atom is 0.0771 e. The van der Waals surface area contributed by atoms with Gasteiger partial charge in [0.25, 0.3) is 0 Å². The molecular formula is C7H17NO3. The first kappa shape index (κ1) is 10.8. The molecule has 0 aliphatic rings. The summed E-state index contributed by atoms with van der Waals surface area (Å²) in [5, 5.41) is 26.1. The van der Waals surface area contributed by atoms with Crippen LogP contribution in [0.15, 0.2) is 0 Å².